The summed E-state index contributed by atoms with van der Waals surface area (Å²) in [6.07, 6.45) is 8.41. The number of fused-ring (bicyclic) bond motifs is 14. The molecule has 0 saturated heterocycles. The van der Waals surface area contributed by atoms with Gasteiger partial charge in [0.25, 0.3) is 0 Å². The maximum atomic E-state index is 14.1. The maximum Gasteiger partial charge on any atom is 0.166 e. The van der Waals surface area contributed by atoms with E-state index in [1.807, 2.05) is 0 Å². The first kappa shape index (κ1) is 26.0. The highest BCUT2D eigenvalue weighted by atomic mass is 16.1. The number of hydrogen-bond acceptors (Lipinski definition) is 2. The molecule has 0 aliphatic heterocycles. The highest BCUT2D eigenvalue weighted by Crippen LogP contribution is 2.52. The van der Waals surface area contributed by atoms with E-state index in [1.165, 1.54) is 60.0 Å². The molecule has 0 N–H and O–H groups in total. The predicted octanol–water partition coefficient (Wildman–Crippen LogP) is 10.9. The van der Waals surface area contributed by atoms with Gasteiger partial charge >= 0.3 is 0 Å². The number of para-hydroxylation sites is 2. The van der Waals surface area contributed by atoms with Crippen molar-refractivity contribution >= 4 is 71.5 Å². The molecular weight excluding hydrogens is 588 g/mol. The van der Waals surface area contributed by atoms with Gasteiger partial charge in [0.1, 0.15) is 0 Å². The fourth-order valence-electron chi connectivity index (χ4n) is 10.9. The van der Waals surface area contributed by atoms with Gasteiger partial charge in [-0.05, 0) is 123 Å². The van der Waals surface area contributed by atoms with Crippen molar-refractivity contribution in [2.24, 2.45) is 11.8 Å². The molecule has 0 radical (unpaired) electrons. The molecule has 232 valence electrons. The van der Waals surface area contributed by atoms with E-state index >= 15 is 0 Å². The number of nitrogens with zero attached hydrogens (tertiary/aromatic N) is 2. The van der Waals surface area contributed by atoms with Gasteiger partial charge < -0.3 is 8.97 Å². The zero-order valence-corrected chi connectivity index (χ0v) is 26.8. The normalized spacial score (nSPS) is 23.7. The van der Waals surface area contributed by atoms with Gasteiger partial charge in [0.15, 0.2) is 11.6 Å². The van der Waals surface area contributed by atoms with Gasteiger partial charge in [-0.1, -0.05) is 36.4 Å². The Morgan fingerprint density at radius 1 is 0.458 bits per heavy atom. The first-order valence-electron chi connectivity index (χ1n) is 18.0. The molecule has 0 atom stereocenters. The third-order valence-electron chi connectivity index (χ3n) is 13.2. The van der Waals surface area contributed by atoms with Crippen LogP contribution >= 0.6 is 0 Å². The van der Waals surface area contributed by atoms with Crippen LogP contribution in [0.4, 0.5) is 0 Å². The summed E-state index contributed by atoms with van der Waals surface area (Å²) in [5, 5.41) is 7.45. The fourth-order valence-corrected chi connectivity index (χ4v) is 10.9. The lowest BCUT2D eigenvalue weighted by Gasteiger charge is -2.22. The highest BCUT2D eigenvalue weighted by molar-refractivity contribution is 6.34. The Hall–Kier alpha value is -4.96. The Kier molecular flexibility index (Phi) is 4.85. The van der Waals surface area contributed by atoms with E-state index in [0.717, 1.165) is 79.2 Å². The highest BCUT2D eigenvalue weighted by Gasteiger charge is 2.38. The van der Waals surface area contributed by atoms with Crippen LogP contribution in [0.2, 0.25) is 0 Å². The van der Waals surface area contributed by atoms with E-state index in [2.05, 4.69) is 93.9 Å². The largest absolute Gasteiger partial charge is 0.309 e. The van der Waals surface area contributed by atoms with Crippen molar-refractivity contribution in [3.8, 4) is 5.69 Å². The molecule has 14 rings (SSSR count). The molecule has 3 aromatic heterocycles. The molecule has 0 unspecified atom stereocenters. The van der Waals surface area contributed by atoms with Crippen molar-refractivity contribution in [2.75, 3.05) is 0 Å². The minimum absolute atomic E-state index is 0.141. The molecule has 4 heteroatoms. The Labute approximate surface area is 277 Å². The van der Waals surface area contributed by atoms with Gasteiger partial charge in [-0.15, -0.1) is 0 Å². The molecule has 2 saturated carbocycles. The summed E-state index contributed by atoms with van der Waals surface area (Å²) in [6.45, 7) is 0. The average Bonchev–Trinajstić information content (AvgIpc) is 3.64. The average molecular weight is 623 g/mol. The van der Waals surface area contributed by atoms with Crippen LogP contribution in [0, 0.1) is 11.8 Å². The van der Waals surface area contributed by atoms with Crippen LogP contribution in [0.3, 0.4) is 0 Å². The summed E-state index contributed by atoms with van der Waals surface area (Å²) in [5.74, 6) is 1.84. The number of benzene rings is 5. The number of hydrogen-bond donors (Lipinski definition) is 0. The number of aromatic nitrogens is 2. The summed E-state index contributed by atoms with van der Waals surface area (Å²) in [4.78, 5) is 28.1. The molecule has 6 aliphatic rings. The van der Waals surface area contributed by atoms with Crippen LogP contribution in [0.15, 0.2) is 84.9 Å². The van der Waals surface area contributed by atoms with Crippen molar-refractivity contribution in [3.05, 3.63) is 107 Å². The van der Waals surface area contributed by atoms with Crippen LogP contribution in [0.1, 0.15) is 95.0 Å². The zero-order valence-electron chi connectivity index (χ0n) is 26.8. The molecule has 6 aliphatic carbocycles. The minimum Gasteiger partial charge on any atom is -0.309 e. The van der Waals surface area contributed by atoms with Gasteiger partial charge in [0.05, 0.1) is 27.6 Å². The Balaban J connectivity index is 1.33. The minimum atomic E-state index is 0.141. The monoisotopic (exact) mass is 622 g/mol. The third kappa shape index (κ3) is 3.08. The summed E-state index contributed by atoms with van der Waals surface area (Å²) in [5.41, 5.74) is 11.4. The van der Waals surface area contributed by atoms with Gasteiger partial charge in [-0.25, -0.2) is 0 Å². The number of Topliss-reactive ketones (excluding diaryl/α,β-unsaturated/α-hetero) is 2. The van der Waals surface area contributed by atoms with E-state index in [9.17, 15) is 9.59 Å². The molecule has 5 aromatic carbocycles. The summed E-state index contributed by atoms with van der Waals surface area (Å²) >= 11 is 0. The second-order valence-corrected chi connectivity index (χ2v) is 15.3. The van der Waals surface area contributed by atoms with E-state index in [4.69, 9.17) is 0 Å². The summed E-state index contributed by atoms with van der Waals surface area (Å²) in [6, 6.07) is 31.3. The van der Waals surface area contributed by atoms with E-state index < -0.39 is 0 Å². The van der Waals surface area contributed by atoms with Gasteiger partial charge in [0, 0.05) is 61.0 Å². The van der Waals surface area contributed by atoms with Gasteiger partial charge in [-0.3, -0.25) is 9.59 Å². The number of rotatable bonds is 1. The number of ketones is 2. The predicted molar refractivity (Wildman–Crippen MR) is 193 cm³/mol. The Bertz CT molecular complexity index is 2730. The first-order valence-corrected chi connectivity index (χ1v) is 18.0. The van der Waals surface area contributed by atoms with Crippen LogP contribution in [-0.2, 0) is 0 Å². The fraction of sp³-hybridized carbons (Fsp3) is 0.273. The van der Waals surface area contributed by atoms with Crippen LogP contribution in [0.25, 0.3) is 65.6 Å². The van der Waals surface area contributed by atoms with E-state index in [1.54, 1.807) is 0 Å². The molecular formula is C44H34N2O2. The number of carbonyl (C=O) groups excluding carboxylic acids is 2. The quantitative estimate of drug-likeness (QED) is 0.183. The van der Waals surface area contributed by atoms with Crippen LogP contribution in [-0.4, -0.2) is 20.5 Å². The smallest absolute Gasteiger partial charge is 0.166 e. The molecule has 4 bridgehead atoms. The van der Waals surface area contributed by atoms with Crippen LogP contribution in [0.5, 0.6) is 0 Å². The Morgan fingerprint density at radius 3 is 1.67 bits per heavy atom. The molecule has 4 nitrogen and oxygen atoms in total. The number of carbonyl (C=O) groups is 2. The molecule has 2 fully saturated rings. The molecule has 0 spiro atoms. The first-order chi connectivity index (χ1) is 23.6. The molecule has 0 amide bonds. The molecule has 3 heterocycles. The van der Waals surface area contributed by atoms with Crippen molar-refractivity contribution in [1.29, 1.82) is 0 Å². The maximum absolute atomic E-state index is 14.1. The van der Waals surface area contributed by atoms with Crippen molar-refractivity contribution in [3.63, 3.8) is 0 Å². The second kappa shape index (κ2) is 8.93. The topological polar surface area (TPSA) is 43.5 Å². The molecule has 48 heavy (non-hydrogen) atoms. The standard InChI is InChI=1S/C44H34N2O2/c47-43-25-14-10-23(11-15-25)29-18-31-33-20-32-28-8-4-5-9-37(28)45(27-6-2-1-3-7-27)41(32)40-36-19-30-24-12-16-26(17-13-24)44(48)35(30)22-39(36)46(42(33)40)38(31)21-34(29)43/h1-9,18-26H,10-17H2. The lowest BCUT2D eigenvalue weighted by atomic mass is 9.82. The van der Waals surface area contributed by atoms with Crippen LogP contribution < -0.4 is 0 Å². The third-order valence-corrected chi connectivity index (χ3v) is 13.2. The summed E-state index contributed by atoms with van der Waals surface area (Å²) in [7, 11) is 0. The molecule has 8 aromatic rings. The van der Waals surface area contributed by atoms with Crippen molar-refractivity contribution in [2.45, 2.75) is 63.2 Å². The Morgan fingerprint density at radius 2 is 1.00 bits per heavy atom. The second-order valence-electron chi connectivity index (χ2n) is 15.3. The summed E-state index contributed by atoms with van der Waals surface area (Å²) < 4.78 is 4.89. The van der Waals surface area contributed by atoms with Crippen molar-refractivity contribution in [1.82, 2.24) is 8.97 Å². The van der Waals surface area contributed by atoms with Crippen molar-refractivity contribution < 1.29 is 9.59 Å². The van der Waals surface area contributed by atoms with Gasteiger partial charge in [0.2, 0.25) is 0 Å². The zero-order chi connectivity index (χ0) is 31.4. The van der Waals surface area contributed by atoms with E-state index in [0.29, 0.717) is 23.4 Å². The SMILES string of the molecule is O=C1c2cc3c(cc2C2CCC1CC2)c1cc2c4ccccc4n(-c4ccccc4)c2c2c4cc5c(cc4n3c12)C(=O)C1CCC5CC1. The van der Waals surface area contributed by atoms with E-state index in [-0.39, 0.29) is 11.8 Å². The lowest BCUT2D eigenvalue weighted by molar-refractivity contribution is 0.0891. The lowest BCUT2D eigenvalue weighted by Crippen LogP contribution is -2.15. The van der Waals surface area contributed by atoms with Gasteiger partial charge in [-0.2, -0.15) is 0 Å².